The number of hydrogen-bond acceptors (Lipinski definition) is 4. The predicted molar refractivity (Wildman–Crippen MR) is 56.6 cm³/mol. The van der Waals surface area contributed by atoms with Crippen molar-refractivity contribution in [2.45, 2.75) is 19.3 Å². The fourth-order valence-electron chi connectivity index (χ4n) is 1.55. The summed E-state index contributed by atoms with van der Waals surface area (Å²) in [5.41, 5.74) is 6.84. The van der Waals surface area contributed by atoms with Crippen molar-refractivity contribution in [2.24, 2.45) is 12.8 Å². The fourth-order valence-corrected chi connectivity index (χ4v) is 1.55. The van der Waals surface area contributed by atoms with Gasteiger partial charge in [-0.1, -0.05) is 6.92 Å². The van der Waals surface area contributed by atoms with Crippen LogP contribution in [0.5, 0.6) is 0 Å². The maximum Gasteiger partial charge on any atom is 0.358 e. The Morgan fingerprint density at radius 3 is 2.93 bits per heavy atom. The van der Waals surface area contributed by atoms with Gasteiger partial charge in [0.1, 0.15) is 0 Å². The molecule has 1 aromatic rings. The van der Waals surface area contributed by atoms with E-state index in [0.717, 1.165) is 12.1 Å². The Kier molecular flexibility index (Phi) is 3.85. The average Bonchev–Trinajstić information content (AvgIpc) is 2.59. The smallest absolute Gasteiger partial charge is 0.358 e. The van der Waals surface area contributed by atoms with Gasteiger partial charge in [0.05, 0.1) is 7.11 Å². The zero-order valence-electron chi connectivity index (χ0n) is 9.36. The highest BCUT2D eigenvalue weighted by Crippen LogP contribution is 2.18. The van der Waals surface area contributed by atoms with Gasteiger partial charge in [0, 0.05) is 12.7 Å². The number of carbonyl (C=O) groups is 1. The van der Waals surface area contributed by atoms with Crippen LogP contribution in [-0.2, 0) is 11.8 Å². The summed E-state index contributed by atoms with van der Waals surface area (Å²) in [6.07, 6.45) is 0.875. The van der Waals surface area contributed by atoms with Crippen LogP contribution >= 0.6 is 0 Å². The first kappa shape index (κ1) is 11.7. The molecule has 0 aliphatic rings. The van der Waals surface area contributed by atoms with Gasteiger partial charge in [-0.2, -0.15) is 5.10 Å². The maximum absolute atomic E-state index is 11.2. The van der Waals surface area contributed by atoms with Crippen LogP contribution in [0.3, 0.4) is 0 Å². The molecule has 0 fully saturated rings. The molecule has 0 amide bonds. The van der Waals surface area contributed by atoms with Crippen LogP contribution in [0.1, 0.15) is 35.4 Å². The minimum Gasteiger partial charge on any atom is -0.464 e. The van der Waals surface area contributed by atoms with Crippen molar-refractivity contribution in [3.05, 3.63) is 17.5 Å². The summed E-state index contributed by atoms with van der Waals surface area (Å²) in [6.45, 7) is 2.69. The monoisotopic (exact) mass is 211 g/mol. The summed E-state index contributed by atoms with van der Waals surface area (Å²) in [5, 5.41) is 4.09. The van der Waals surface area contributed by atoms with E-state index in [-0.39, 0.29) is 0 Å². The Morgan fingerprint density at radius 2 is 2.40 bits per heavy atom. The molecule has 1 unspecified atom stereocenters. The molecular formula is C10H17N3O2. The summed E-state index contributed by atoms with van der Waals surface area (Å²) in [7, 11) is 3.16. The Hall–Kier alpha value is -1.36. The standard InChI is InChI=1S/C10H17N3O2/c1-7(4-5-11)9-6-8(10(14)15-3)12-13(9)2/h6-7H,4-5,11H2,1-3H3. The molecule has 1 rings (SSSR count). The first-order valence-electron chi connectivity index (χ1n) is 4.92. The zero-order chi connectivity index (χ0) is 11.4. The topological polar surface area (TPSA) is 70.1 Å². The molecule has 0 saturated heterocycles. The first-order valence-corrected chi connectivity index (χ1v) is 4.92. The van der Waals surface area contributed by atoms with Crippen molar-refractivity contribution in [3.63, 3.8) is 0 Å². The van der Waals surface area contributed by atoms with Gasteiger partial charge in [-0.3, -0.25) is 4.68 Å². The average molecular weight is 211 g/mol. The number of aryl methyl sites for hydroxylation is 1. The van der Waals surface area contributed by atoms with Gasteiger partial charge in [-0.15, -0.1) is 0 Å². The van der Waals surface area contributed by atoms with E-state index in [4.69, 9.17) is 5.73 Å². The third-order valence-corrected chi connectivity index (χ3v) is 2.42. The van der Waals surface area contributed by atoms with Gasteiger partial charge >= 0.3 is 5.97 Å². The van der Waals surface area contributed by atoms with Crippen LogP contribution in [0, 0.1) is 0 Å². The Labute approximate surface area is 89.2 Å². The molecule has 0 aliphatic carbocycles. The van der Waals surface area contributed by atoms with Gasteiger partial charge in [0.25, 0.3) is 0 Å². The maximum atomic E-state index is 11.2. The van der Waals surface area contributed by atoms with Crippen LogP contribution in [0.15, 0.2) is 6.07 Å². The van der Waals surface area contributed by atoms with E-state index in [2.05, 4.69) is 16.8 Å². The normalized spacial score (nSPS) is 12.5. The minimum absolute atomic E-state index is 0.297. The Balaban J connectivity index is 2.90. The molecule has 0 radical (unpaired) electrons. The highest BCUT2D eigenvalue weighted by Gasteiger charge is 2.16. The molecule has 0 aliphatic heterocycles. The number of carbonyl (C=O) groups excluding carboxylic acids is 1. The second kappa shape index (κ2) is 4.93. The van der Waals surface area contributed by atoms with Crippen LogP contribution in [0.25, 0.3) is 0 Å². The second-order valence-electron chi connectivity index (χ2n) is 3.55. The number of ether oxygens (including phenoxy) is 1. The van der Waals surface area contributed by atoms with Gasteiger partial charge in [0.15, 0.2) is 5.69 Å². The number of rotatable bonds is 4. The largest absolute Gasteiger partial charge is 0.464 e. The van der Waals surface area contributed by atoms with E-state index in [1.54, 1.807) is 10.7 Å². The number of nitrogens with zero attached hydrogens (tertiary/aromatic N) is 2. The molecule has 0 bridgehead atoms. The third-order valence-electron chi connectivity index (χ3n) is 2.42. The molecular weight excluding hydrogens is 194 g/mol. The molecule has 0 spiro atoms. The first-order chi connectivity index (χ1) is 7.10. The van der Waals surface area contributed by atoms with Crippen molar-refractivity contribution in [1.82, 2.24) is 9.78 Å². The van der Waals surface area contributed by atoms with Gasteiger partial charge in [-0.05, 0) is 24.9 Å². The fraction of sp³-hybridized carbons (Fsp3) is 0.600. The zero-order valence-corrected chi connectivity index (χ0v) is 9.36. The van der Waals surface area contributed by atoms with Gasteiger partial charge in [-0.25, -0.2) is 4.79 Å². The summed E-state index contributed by atoms with van der Waals surface area (Å²) >= 11 is 0. The quantitative estimate of drug-likeness (QED) is 0.743. The van der Waals surface area contributed by atoms with Crippen LogP contribution in [0.4, 0.5) is 0 Å². The van der Waals surface area contributed by atoms with E-state index in [0.29, 0.717) is 18.2 Å². The van der Waals surface area contributed by atoms with Crippen LogP contribution < -0.4 is 5.73 Å². The van der Waals surface area contributed by atoms with E-state index in [1.165, 1.54) is 7.11 Å². The molecule has 0 saturated carbocycles. The second-order valence-corrected chi connectivity index (χ2v) is 3.55. The Morgan fingerprint density at radius 1 is 1.73 bits per heavy atom. The summed E-state index contributed by atoms with van der Waals surface area (Å²) in [5.74, 6) is -0.109. The van der Waals surface area contributed by atoms with Gasteiger partial charge < -0.3 is 10.5 Å². The van der Waals surface area contributed by atoms with Crippen molar-refractivity contribution >= 4 is 5.97 Å². The summed E-state index contributed by atoms with van der Waals surface area (Å²) in [4.78, 5) is 11.2. The Bertz CT molecular complexity index is 346. The van der Waals surface area contributed by atoms with E-state index in [9.17, 15) is 4.79 Å². The van der Waals surface area contributed by atoms with Crippen molar-refractivity contribution < 1.29 is 9.53 Å². The number of nitrogens with two attached hydrogens (primary N) is 1. The molecule has 2 N–H and O–H groups in total. The highest BCUT2D eigenvalue weighted by molar-refractivity contribution is 5.87. The predicted octanol–water partition coefficient (Wildman–Crippen LogP) is 0.659. The minimum atomic E-state index is -0.406. The number of methoxy groups -OCH3 is 1. The molecule has 5 heteroatoms. The molecule has 0 aromatic carbocycles. The lowest BCUT2D eigenvalue weighted by molar-refractivity contribution is 0.0593. The molecule has 84 valence electrons. The highest BCUT2D eigenvalue weighted by atomic mass is 16.5. The van der Waals surface area contributed by atoms with E-state index < -0.39 is 5.97 Å². The van der Waals surface area contributed by atoms with Crippen LogP contribution in [-0.4, -0.2) is 29.4 Å². The number of esters is 1. The SMILES string of the molecule is COC(=O)c1cc(C(C)CCN)n(C)n1. The lowest BCUT2D eigenvalue weighted by Gasteiger charge is -2.09. The van der Waals surface area contributed by atoms with E-state index >= 15 is 0 Å². The molecule has 15 heavy (non-hydrogen) atoms. The molecule has 1 atom stereocenters. The number of aromatic nitrogens is 2. The summed E-state index contributed by atoms with van der Waals surface area (Å²) < 4.78 is 6.31. The van der Waals surface area contributed by atoms with E-state index in [1.807, 2.05) is 7.05 Å². The third kappa shape index (κ3) is 2.56. The van der Waals surface area contributed by atoms with Crippen molar-refractivity contribution in [3.8, 4) is 0 Å². The van der Waals surface area contributed by atoms with Crippen molar-refractivity contribution in [1.29, 1.82) is 0 Å². The molecule has 1 aromatic heterocycles. The molecule has 5 nitrogen and oxygen atoms in total. The van der Waals surface area contributed by atoms with Gasteiger partial charge in [0.2, 0.25) is 0 Å². The van der Waals surface area contributed by atoms with Crippen LogP contribution in [0.2, 0.25) is 0 Å². The number of hydrogen-bond donors (Lipinski definition) is 1. The lowest BCUT2D eigenvalue weighted by atomic mass is 10.0. The van der Waals surface area contributed by atoms with Crippen molar-refractivity contribution in [2.75, 3.05) is 13.7 Å². The lowest BCUT2D eigenvalue weighted by Crippen LogP contribution is -2.08. The summed E-state index contributed by atoms with van der Waals surface area (Å²) in [6, 6.07) is 1.76. The molecule has 1 heterocycles.